The molecule has 4 rings (SSSR count). The van der Waals surface area contributed by atoms with Crippen molar-refractivity contribution in [3.05, 3.63) is 58.5 Å². The Morgan fingerprint density at radius 3 is 2.00 bits per heavy atom. The lowest BCUT2D eigenvalue weighted by atomic mass is 9.63. The van der Waals surface area contributed by atoms with E-state index in [1.54, 1.807) is 12.1 Å². The van der Waals surface area contributed by atoms with Crippen LogP contribution >= 0.6 is 0 Å². The van der Waals surface area contributed by atoms with Gasteiger partial charge in [-0.1, -0.05) is 39.8 Å². The molecular weight excluding hydrogens is 526 g/mol. The zero-order chi connectivity index (χ0) is 30.3. The number of ether oxygens (including phenoxy) is 2. The number of nitrogens with zero attached hydrogens (tertiary/aromatic N) is 1. The normalized spacial score (nSPS) is 20.0. The van der Waals surface area contributed by atoms with Gasteiger partial charge in [0.15, 0.2) is 29.7 Å². The highest BCUT2D eigenvalue weighted by atomic mass is 16.5. The van der Waals surface area contributed by atoms with Gasteiger partial charge in [0.25, 0.3) is 0 Å². The van der Waals surface area contributed by atoms with Crippen LogP contribution in [0.15, 0.2) is 47.3 Å². The quantitative estimate of drug-likeness (QED) is 0.374. The lowest BCUT2D eigenvalue weighted by Gasteiger charge is -2.49. The second kappa shape index (κ2) is 11.2. The van der Waals surface area contributed by atoms with Crippen LogP contribution < -0.4 is 9.47 Å². The SMILES string of the molecule is C=CCc1cc(C2C3=C(CC(C)(C)CC3=O)N(CCC(=O)O)C3=C2C(=O)CC(C)(C)C3)cc(OC)c1OCC(=O)O. The number of aliphatic carboxylic acids is 2. The summed E-state index contributed by atoms with van der Waals surface area (Å²) in [5.74, 6) is -2.32. The molecule has 0 unspecified atom stereocenters. The van der Waals surface area contributed by atoms with E-state index in [4.69, 9.17) is 9.47 Å². The van der Waals surface area contributed by atoms with Crippen LogP contribution in [-0.2, 0) is 25.6 Å². The molecule has 41 heavy (non-hydrogen) atoms. The van der Waals surface area contributed by atoms with Crippen LogP contribution in [0.5, 0.6) is 11.5 Å². The summed E-state index contributed by atoms with van der Waals surface area (Å²) in [5, 5.41) is 18.8. The summed E-state index contributed by atoms with van der Waals surface area (Å²) in [4.78, 5) is 52.8. The van der Waals surface area contributed by atoms with Crippen LogP contribution in [0.1, 0.15) is 76.8 Å². The molecule has 0 spiro atoms. The first kappa shape index (κ1) is 30.1. The van der Waals surface area contributed by atoms with Crippen molar-refractivity contribution < 1.29 is 38.9 Å². The Bertz CT molecular complexity index is 1330. The largest absolute Gasteiger partial charge is 0.493 e. The van der Waals surface area contributed by atoms with Gasteiger partial charge in [0.2, 0.25) is 0 Å². The molecule has 0 aromatic heterocycles. The Morgan fingerprint density at radius 1 is 0.976 bits per heavy atom. The average molecular weight is 566 g/mol. The Labute approximate surface area is 240 Å². The molecule has 220 valence electrons. The molecule has 0 saturated carbocycles. The fraction of sp³-hybridized carbons (Fsp3) is 0.500. The van der Waals surface area contributed by atoms with Gasteiger partial charge >= 0.3 is 11.9 Å². The summed E-state index contributed by atoms with van der Waals surface area (Å²) in [6.07, 6.45) is 3.60. The van der Waals surface area contributed by atoms with Gasteiger partial charge in [0.05, 0.1) is 13.5 Å². The van der Waals surface area contributed by atoms with E-state index in [2.05, 4.69) is 6.58 Å². The van der Waals surface area contributed by atoms with E-state index in [1.807, 2.05) is 38.7 Å². The number of Topliss-reactive ketones (excluding diaryl/α,β-unsaturated/α-hetero) is 2. The predicted octanol–water partition coefficient (Wildman–Crippen LogP) is 5.05. The number of carboxylic acid groups (broad SMARTS) is 2. The Hall–Kier alpha value is -3.88. The lowest BCUT2D eigenvalue weighted by molar-refractivity contribution is -0.139. The smallest absolute Gasteiger partial charge is 0.341 e. The molecule has 0 radical (unpaired) electrons. The minimum Gasteiger partial charge on any atom is -0.493 e. The molecule has 3 aliphatic rings. The fourth-order valence-electron chi connectivity index (χ4n) is 6.47. The van der Waals surface area contributed by atoms with Crippen LogP contribution in [0, 0.1) is 10.8 Å². The molecule has 0 amide bonds. The molecule has 1 aromatic carbocycles. The number of hydrogen-bond donors (Lipinski definition) is 2. The number of carbonyl (C=O) groups excluding carboxylic acids is 2. The number of benzene rings is 1. The molecule has 1 aliphatic heterocycles. The van der Waals surface area contributed by atoms with Gasteiger partial charge in [0, 0.05) is 53.4 Å². The third kappa shape index (κ3) is 6.09. The van der Waals surface area contributed by atoms with Gasteiger partial charge in [-0.25, -0.2) is 4.79 Å². The van der Waals surface area contributed by atoms with Crippen LogP contribution in [0.25, 0.3) is 0 Å². The van der Waals surface area contributed by atoms with Crippen molar-refractivity contribution in [3.63, 3.8) is 0 Å². The van der Waals surface area contributed by atoms with Crippen molar-refractivity contribution in [1.82, 2.24) is 4.90 Å². The third-order valence-corrected chi connectivity index (χ3v) is 7.98. The van der Waals surface area contributed by atoms with Crippen molar-refractivity contribution in [3.8, 4) is 11.5 Å². The van der Waals surface area contributed by atoms with E-state index < -0.39 is 24.5 Å². The summed E-state index contributed by atoms with van der Waals surface area (Å²) < 4.78 is 11.2. The number of methoxy groups -OCH3 is 1. The molecule has 0 atom stereocenters. The summed E-state index contributed by atoms with van der Waals surface area (Å²) >= 11 is 0. The molecule has 9 nitrogen and oxygen atoms in total. The number of carboxylic acids is 2. The Morgan fingerprint density at radius 2 is 1.54 bits per heavy atom. The van der Waals surface area contributed by atoms with E-state index in [1.165, 1.54) is 7.11 Å². The second-order valence-electron chi connectivity index (χ2n) is 12.7. The highest BCUT2D eigenvalue weighted by Gasteiger charge is 2.49. The summed E-state index contributed by atoms with van der Waals surface area (Å²) in [5.41, 5.74) is 3.21. The molecule has 9 heteroatoms. The van der Waals surface area contributed by atoms with Gasteiger partial charge in [0.1, 0.15) is 0 Å². The zero-order valence-electron chi connectivity index (χ0n) is 24.5. The Kier molecular flexibility index (Phi) is 8.21. The van der Waals surface area contributed by atoms with Crippen molar-refractivity contribution in [1.29, 1.82) is 0 Å². The molecule has 1 heterocycles. The van der Waals surface area contributed by atoms with E-state index >= 15 is 0 Å². The molecule has 0 bridgehead atoms. The topological polar surface area (TPSA) is 130 Å². The molecular formula is C32H39NO8. The Balaban J connectivity index is 2.01. The summed E-state index contributed by atoms with van der Waals surface area (Å²) in [7, 11) is 1.46. The number of rotatable bonds is 10. The van der Waals surface area contributed by atoms with E-state index in [0.717, 1.165) is 11.4 Å². The number of hydrogen-bond acceptors (Lipinski definition) is 7. The number of allylic oxidation sites excluding steroid dienone is 5. The molecule has 0 fully saturated rings. The highest BCUT2D eigenvalue weighted by Crippen LogP contribution is 2.55. The van der Waals surface area contributed by atoms with Crippen molar-refractivity contribution >= 4 is 23.5 Å². The number of ketones is 2. The van der Waals surface area contributed by atoms with Crippen molar-refractivity contribution in [2.24, 2.45) is 10.8 Å². The molecule has 2 aliphatic carbocycles. The standard InChI is InChI=1S/C32H39NO8/c1-7-8-18-11-19(12-24(40-6)30(18)41-17-26(38)39)27-28-20(13-31(2,3)15-22(28)34)33(10-9-25(36)37)21-14-32(4,5)16-23(35)29(21)27/h7,11-12,27H,1,8-10,13-17H2,2-6H3,(H,36,37)(H,38,39). The van der Waals surface area contributed by atoms with Crippen LogP contribution in [0.2, 0.25) is 0 Å². The molecule has 2 N–H and O–H groups in total. The van der Waals surface area contributed by atoms with Gasteiger partial charge in [-0.2, -0.15) is 0 Å². The lowest BCUT2D eigenvalue weighted by Crippen LogP contribution is -2.45. The maximum Gasteiger partial charge on any atom is 0.341 e. The minimum absolute atomic E-state index is 0.0683. The van der Waals surface area contributed by atoms with Crippen LogP contribution in [0.4, 0.5) is 0 Å². The summed E-state index contributed by atoms with van der Waals surface area (Å²) in [6, 6.07) is 3.56. The summed E-state index contributed by atoms with van der Waals surface area (Å²) in [6.45, 7) is 11.5. The molecule has 1 aromatic rings. The van der Waals surface area contributed by atoms with E-state index in [-0.39, 0.29) is 41.1 Å². The first-order valence-corrected chi connectivity index (χ1v) is 13.9. The highest BCUT2D eigenvalue weighted by molar-refractivity contribution is 6.07. The van der Waals surface area contributed by atoms with E-state index in [0.29, 0.717) is 60.1 Å². The van der Waals surface area contributed by atoms with Crippen LogP contribution in [0.3, 0.4) is 0 Å². The zero-order valence-corrected chi connectivity index (χ0v) is 24.5. The van der Waals surface area contributed by atoms with Gasteiger partial charge in [-0.15, -0.1) is 6.58 Å². The average Bonchev–Trinajstić information content (AvgIpc) is 2.84. The first-order chi connectivity index (χ1) is 19.2. The monoisotopic (exact) mass is 565 g/mol. The van der Waals surface area contributed by atoms with Crippen molar-refractivity contribution in [2.45, 2.75) is 72.1 Å². The first-order valence-electron chi connectivity index (χ1n) is 13.9. The van der Waals surface area contributed by atoms with Gasteiger partial charge in [-0.3, -0.25) is 14.4 Å². The minimum atomic E-state index is -1.13. The van der Waals surface area contributed by atoms with Crippen LogP contribution in [-0.4, -0.2) is 58.9 Å². The van der Waals surface area contributed by atoms with E-state index in [9.17, 15) is 29.4 Å². The third-order valence-electron chi connectivity index (χ3n) is 7.98. The number of carbonyl (C=O) groups is 4. The maximum atomic E-state index is 14.0. The van der Waals surface area contributed by atoms with Crippen molar-refractivity contribution in [2.75, 3.05) is 20.3 Å². The second-order valence-corrected chi connectivity index (χ2v) is 12.7. The van der Waals surface area contributed by atoms with Gasteiger partial charge < -0.3 is 24.6 Å². The maximum absolute atomic E-state index is 14.0. The molecule has 0 saturated heterocycles. The predicted molar refractivity (Wildman–Crippen MR) is 152 cm³/mol. The fourth-order valence-corrected chi connectivity index (χ4v) is 6.47. The van der Waals surface area contributed by atoms with Gasteiger partial charge in [-0.05, 0) is 41.7 Å².